The molecule has 3 N–H and O–H groups in total. The van der Waals surface area contributed by atoms with Gasteiger partial charge in [0.1, 0.15) is 5.82 Å². The number of benzene rings is 1. The SMILES string of the molecule is CNc1nc(NC)c2ccc(-n3ccc(CCC(=O)O)c3)cc2n1. The molecule has 0 aliphatic carbocycles. The molecule has 0 aliphatic heterocycles. The molecule has 0 fully saturated rings. The summed E-state index contributed by atoms with van der Waals surface area (Å²) in [5, 5.41) is 15.8. The summed E-state index contributed by atoms with van der Waals surface area (Å²) >= 11 is 0. The van der Waals surface area contributed by atoms with Crippen LogP contribution in [-0.2, 0) is 11.2 Å². The van der Waals surface area contributed by atoms with Crippen LogP contribution in [0.25, 0.3) is 16.6 Å². The third-order valence-electron chi connectivity index (χ3n) is 3.82. The summed E-state index contributed by atoms with van der Waals surface area (Å²) in [6.45, 7) is 0. The van der Waals surface area contributed by atoms with Crippen molar-refractivity contribution in [2.75, 3.05) is 24.7 Å². The third-order valence-corrected chi connectivity index (χ3v) is 3.82. The number of anilines is 2. The van der Waals surface area contributed by atoms with E-state index < -0.39 is 5.97 Å². The molecular weight excluding hydrogens is 306 g/mol. The lowest BCUT2D eigenvalue weighted by molar-refractivity contribution is -0.136. The fraction of sp³-hybridized carbons (Fsp3) is 0.235. The fourth-order valence-electron chi connectivity index (χ4n) is 2.58. The highest BCUT2D eigenvalue weighted by molar-refractivity contribution is 5.91. The maximum absolute atomic E-state index is 10.7. The first-order valence-corrected chi connectivity index (χ1v) is 7.67. The van der Waals surface area contributed by atoms with E-state index >= 15 is 0 Å². The van der Waals surface area contributed by atoms with Crippen LogP contribution in [-0.4, -0.2) is 39.7 Å². The second kappa shape index (κ2) is 6.57. The zero-order chi connectivity index (χ0) is 17.1. The molecule has 0 saturated carbocycles. The summed E-state index contributed by atoms with van der Waals surface area (Å²) in [6.07, 6.45) is 4.53. The summed E-state index contributed by atoms with van der Waals surface area (Å²) in [6, 6.07) is 7.89. The average molecular weight is 325 g/mol. The van der Waals surface area contributed by atoms with Gasteiger partial charge >= 0.3 is 5.97 Å². The molecule has 2 aromatic heterocycles. The number of aliphatic carboxylic acids is 1. The van der Waals surface area contributed by atoms with Gasteiger partial charge in [-0.2, -0.15) is 4.98 Å². The van der Waals surface area contributed by atoms with Gasteiger partial charge in [0.25, 0.3) is 0 Å². The van der Waals surface area contributed by atoms with Crippen LogP contribution in [0.1, 0.15) is 12.0 Å². The first-order valence-electron chi connectivity index (χ1n) is 7.67. The number of rotatable bonds is 6. The fourth-order valence-corrected chi connectivity index (χ4v) is 2.58. The Bertz CT molecular complexity index is 888. The van der Waals surface area contributed by atoms with Crippen LogP contribution in [0.2, 0.25) is 0 Å². The molecule has 0 radical (unpaired) electrons. The highest BCUT2D eigenvalue weighted by Crippen LogP contribution is 2.24. The van der Waals surface area contributed by atoms with E-state index in [9.17, 15) is 4.79 Å². The zero-order valence-electron chi connectivity index (χ0n) is 13.6. The minimum atomic E-state index is -0.788. The average Bonchev–Trinajstić information content (AvgIpc) is 3.07. The molecule has 0 bridgehead atoms. The van der Waals surface area contributed by atoms with Crippen LogP contribution in [0.4, 0.5) is 11.8 Å². The van der Waals surface area contributed by atoms with Crippen LogP contribution in [0.5, 0.6) is 0 Å². The van der Waals surface area contributed by atoms with Crippen LogP contribution < -0.4 is 10.6 Å². The van der Waals surface area contributed by atoms with E-state index in [0.717, 1.165) is 28.0 Å². The standard InChI is InChI=1S/C17H19N5O2/c1-18-16-13-5-4-12(9-14(13)20-17(19-2)21-16)22-8-7-11(10-22)3-6-15(23)24/h4-5,7-10H,3,6H2,1-2H3,(H,23,24)(H2,18,19,20,21). The van der Waals surface area contributed by atoms with Gasteiger partial charge in [-0.3, -0.25) is 4.79 Å². The number of nitrogens with one attached hydrogen (secondary N) is 2. The number of aromatic nitrogens is 3. The Balaban J connectivity index is 1.97. The Labute approximate surface area is 139 Å². The number of fused-ring (bicyclic) bond motifs is 1. The van der Waals surface area contributed by atoms with Crippen molar-refractivity contribution < 1.29 is 9.90 Å². The lowest BCUT2D eigenvalue weighted by atomic mass is 10.2. The van der Waals surface area contributed by atoms with Gasteiger partial charge < -0.3 is 20.3 Å². The van der Waals surface area contributed by atoms with E-state index in [0.29, 0.717) is 12.4 Å². The summed E-state index contributed by atoms with van der Waals surface area (Å²) in [5.41, 5.74) is 2.79. The second-order valence-electron chi connectivity index (χ2n) is 5.42. The van der Waals surface area contributed by atoms with Crippen molar-refractivity contribution >= 4 is 28.6 Å². The highest BCUT2D eigenvalue weighted by atomic mass is 16.4. The number of carboxylic acids is 1. The van der Waals surface area contributed by atoms with Crippen molar-refractivity contribution in [2.45, 2.75) is 12.8 Å². The molecule has 24 heavy (non-hydrogen) atoms. The molecule has 0 saturated heterocycles. The van der Waals surface area contributed by atoms with Gasteiger partial charge in [-0.25, -0.2) is 4.98 Å². The lowest BCUT2D eigenvalue weighted by Crippen LogP contribution is -2.02. The molecule has 1 aromatic carbocycles. The highest BCUT2D eigenvalue weighted by Gasteiger charge is 2.08. The minimum absolute atomic E-state index is 0.131. The molecule has 3 rings (SSSR count). The zero-order valence-corrected chi connectivity index (χ0v) is 13.6. The Morgan fingerprint density at radius 1 is 1.21 bits per heavy atom. The van der Waals surface area contributed by atoms with E-state index in [1.807, 2.05) is 48.3 Å². The lowest BCUT2D eigenvalue weighted by Gasteiger charge is -2.10. The van der Waals surface area contributed by atoms with E-state index in [2.05, 4.69) is 20.6 Å². The molecule has 7 nitrogen and oxygen atoms in total. The van der Waals surface area contributed by atoms with Crippen molar-refractivity contribution in [2.24, 2.45) is 0 Å². The van der Waals surface area contributed by atoms with Crippen molar-refractivity contribution in [1.29, 1.82) is 0 Å². The summed E-state index contributed by atoms with van der Waals surface area (Å²) < 4.78 is 1.97. The second-order valence-corrected chi connectivity index (χ2v) is 5.42. The predicted octanol–water partition coefficient (Wildman–Crippen LogP) is 2.52. The maximum Gasteiger partial charge on any atom is 0.303 e. The molecule has 0 aliphatic rings. The first-order chi connectivity index (χ1) is 11.6. The summed E-state index contributed by atoms with van der Waals surface area (Å²) in [5.74, 6) is 0.536. The van der Waals surface area contributed by atoms with E-state index in [1.54, 1.807) is 7.05 Å². The van der Waals surface area contributed by atoms with Crippen molar-refractivity contribution in [3.63, 3.8) is 0 Å². The number of nitrogens with zero attached hydrogens (tertiary/aromatic N) is 3. The molecule has 3 aromatic rings. The minimum Gasteiger partial charge on any atom is -0.481 e. The third kappa shape index (κ3) is 3.15. The molecule has 0 amide bonds. The largest absolute Gasteiger partial charge is 0.481 e. The Kier molecular flexibility index (Phi) is 4.33. The predicted molar refractivity (Wildman–Crippen MR) is 93.9 cm³/mol. The van der Waals surface area contributed by atoms with E-state index in [4.69, 9.17) is 5.11 Å². The number of hydrogen-bond acceptors (Lipinski definition) is 5. The Hall–Kier alpha value is -3.09. The number of carbonyl (C=O) groups is 1. The van der Waals surface area contributed by atoms with Crippen molar-refractivity contribution in [3.05, 3.63) is 42.2 Å². The first kappa shape index (κ1) is 15.8. The normalized spacial score (nSPS) is 10.8. The van der Waals surface area contributed by atoms with Crippen molar-refractivity contribution in [3.8, 4) is 5.69 Å². The molecule has 0 atom stereocenters. The van der Waals surface area contributed by atoms with E-state index in [-0.39, 0.29) is 6.42 Å². The van der Waals surface area contributed by atoms with Gasteiger partial charge in [0.15, 0.2) is 0 Å². The molecular formula is C17H19N5O2. The van der Waals surface area contributed by atoms with Gasteiger partial charge in [-0.15, -0.1) is 0 Å². The molecule has 2 heterocycles. The maximum atomic E-state index is 10.7. The van der Waals surface area contributed by atoms with Gasteiger partial charge in [0.05, 0.1) is 5.52 Å². The topological polar surface area (TPSA) is 92.1 Å². The Morgan fingerprint density at radius 3 is 2.75 bits per heavy atom. The monoisotopic (exact) mass is 325 g/mol. The van der Waals surface area contributed by atoms with Crippen molar-refractivity contribution in [1.82, 2.24) is 14.5 Å². The summed E-state index contributed by atoms with van der Waals surface area (Å²) in [7, 11) is 3.61. The van der Waals surface area contributed by atoms with Crippen LogP contribution in [0.3, 0.4) is 0 Å². The Morgan fingerprint density at radius 2 is 2.04 bits per heavy atom. The van der Waals surface area contributed by atoms with Crippen LogP contribution >= 0.6 is 0 Å². The van der Waals surface area contributed by atoms with Gasteiger partial charge in [-0.05, 0) is 36.2 Å². The van der Waals surface area contributed by atoms with Gasteiger partial charge in [0, 0.05) is 44.0 Å². The van der Waals surface area contributed by atoms with Crippen LogP contribution in [0, 0.1) is 0 Å². The smallest absolute Gasteiger partial charge is 0.303 e. The quantitative estimate of drug-likeness (QED) is 0.645. The van der Waals surface area contributed by atoms with Gasteiger partial charge in [-0.1, -0.05) is 0 Å². The van der Waals surface area contributed by atoms with E-state index in [1.165, 1.54) is 0 Å². The number of carboxylic acid groups (broad SMARTS) is 1. The molecule has 7 heteroatoms. The molecule has 0 spiro atoms. The van der Waals surface area contributed by atoms with Crippen LogP contribution in [0.15, 0.2) is 36.7 Å². The molecule has 0 unspecified atom stereocenters. The number of aryl methyl sites for hydroxylation is 1. The summed E-state index contributed by atoms with van der Waals surface area (Å²) in [4.78, 5) is 19.6. The molecule has 124 valence electrons. The number of hydrogen-bond donors (Lipinski definition) is 3. The van der Waals surface area contributed by atoms with Gasteiger partial charge in [0.2, 0.25) is 5.95 Å².